The molecule has 23 heavy (non-hydrogen) atoms. The van der Waals surface area contributed by atoms with Crippen molar-refractivity contribution >= 4 is 22.8 Å². The molecule has 122 valence electrons. The number of aryl methyl sites for hydroxylation is 2. The number of carbonyl (C=O) groups is 2. The number of carbonyl (C=O) groups excluding carboxylic acids is 1. The van der Waals surface area contributed by atoms with Gasteiger partial charge in [0.25, 0.3) is 0 Å². The molecular weight excluding hydrogens is 298 g/mol. The second-order valence-corrected chi connectivity index (χ2v) is 5.91. The van der Waals surface area contributed by atoms with E-state index in [1.165, 1.54) is 0 Å². The zero-order valence-electron chi connectivity index (χ0n) is 13.2. The Labute approximate surface area is 133 Å². The van der Waals surface area contributed by atoms with Crippen molar-refractivity contribution in [3.63, 3.8) is 0 Å². The van der Waals surface area contributed by atoms with E-state index in [1.54, 1.807) is 11.2 Å². The van der Waals surface area contributed by atoms with Gasteiger partial charge in [0.15, 0.2) is 6.10 Å². The molecule has 0 spiro atoms. The average Bonchev–Trinajstić information content (AvgIpc) is 2.90. The lowest BCUT2D eigenvalue weighted by atomic mass is 10.0. The summed E-state index contributed by atoms with van der Waals surface area (Å²) in [5.41, 5.74) is 3.87. The van der Waals surface area contributed by atoms with E-state index in [2.05, 4.69) is 0 Å². The highest BCUT2D eigenvalue weighted by Crippen LogP contribution is 2.25. The van der Waals surface area contributed by atoms with Gasteiger partial charge in [0.05, 0.1) is 25.8 Å². The number of carboxylic acid groups (broad SMARTS) is 1. The van der Waals surface area contributed by atoms with Gasteiger partial charge in [-0.2, -0.15) is 0 Å². The third-order valence-electron chi connectivity index (χ3n) is 4.31. The molecule has 6 nitrogen and oxygen atoms in total. The zero-order valence-corrected chi connectivity index (χ0v) is 13.2. The molecule has 1 unspecified atom stereocenters. The minimum absolute atomic E-state index is 0.0854. The Morgan fingerprint density at radius 3 is 2.78 bits per heavy atom. The quantitative estimate of drug-likeness (QED) is 0.935. The number of ether oxygens (including phenoxy) is 1. The smallest absolute Gasteiger partial charge is 0.334 e. The predicted octanol–water partition coefficient (Wildman–Crippen LogP) is 1.90. The summed E-state index contributed by atoms with van der Waals surface area (Å²) in [6, 6.07) is 3.99. The summed E-state index contributed by atoms with van der Waals surface area (Å²) >= 11 is 0. The van der Waals surface area contributed by atoms with Gasteiger partial charge in [-0.25, -0.2) is 4.79 Å². The second kappa shape index (κ2) is 6.04. The van der Waals surface area contributed by atoms with Gasteiger partial charge in [-0.3, -0.25) is 4.79 Å². The molecule has 1 saturated heterocycles. The molecule has 1 aromatic heterocycles. The largest absolute Gasteiger partial charge is 0.479 e. The number of fused-ring (bicyclic) bond motifs is 1. The van der Waals surface area contributed by atoms with E-state index >= 15 is 0 Å². The first kappa shape index (κ1) is 15.6. The molecule has 0 radical (unpaired) electrons. The van der Waals surface area contributed by atoms with Gasteiger partial charge in [0, 0.05) is 17.5 Å². The third kappa shape index (κ3) is 3.07. The van der Waals surface area contributed by atoms with E-state index in [0.29, 0.717) is 6.54 Å². The van der Waals surface area contributed by atoms with Crippen molar-refractivity contribution in [3.8, 4) is 0 Å². The van der Waals surface area contributed by atoms with E-state index in [9.17, 15) is 9.59 Å². The van der Waals surface area contributed by atoms with Crippen molar-refractivity contribution in [1.29, 1.82) is 0 Å². The summed E-state index contributed by atoms with van der Waals surface area (Å²) in [5, 5.41) is 9.95. The Bertz CT molecular complexity index is 764. The molecule has 1 amide bonds. The van der Waals surface area contributed by atoms with Gasteiger partial charge in [-0.15, -0.1) is 0 Å². The molecule has 6 heteroatoms. The molecule has 0 saturated carbocycles. The molecular formula is C17H19NO5. The molecule has 2 aromatic rings. The van der Waals surface area contributed by atoms with E-state index < -0.39 is 12.1 Å². The lowest BCUT2D eigenvalue weighted by Crippen LogP contribution is -2.49. The van der Waals surface area contributed by atoms with Gasteiger partial charge in [0.1, 0.15) is 5.58 Å². The fourth-order valence-corrected chi connectivity index (χ4v) is 2.77. The van der Waals surface area contributed by atoms with Crippen molar-refractivity contribution in [2.45, 2.75) is 26.4 Å². The van der Waals surface area contributed by atoms with Gasteiger partial charge < -0.3 is 19.2 Å². The van der Waals surface area contributed by atoms with Crippen LogP contribution in [0.4, 0.5) is 0 Å². The van der Waals surface area contributed by atoms with Crippen LogP contribution in [0, 0.1) is 13.8 Å². The van der Waals surface area contributed by atoms with Crippen LogP contribution in [0.2, 0.25) is 0 Å². The maximum absolute atomic E-state index is 12.5. The second-order valence-electron chi connectivity index (χ2n) is 5.91. The summed E-state index contributed by atoms with van der Waals surface area (Å²) in [7, 11) is 0. The van der Waals surface area contributed by atoms with Crippen LogP contribution in [-0.2, 0) is 20.7 Å². The number of carboxylic acids is 1. The lowest BCUT2D eigenvalue weighted by molar-refractivity contribution is -0.159. The Balaban J connectivity index is 1.78. The predicted molar refractivity (Wildman–Crippen MR) is 83.3 cm³/mol. The monoisotopic (exact) mass is 317 g/mol. The van der Waals surface area contributed by atoms with Crippen molar-refractivity contribution < 1.29 is 23.8 Å². The van der Waals surface area contributed by atoms with Crippen LogP contribution in [0.15, 0.2) is 22.8 Å². The van der Waals surface area contributed by atoms with Crippen LogP contribution in [0.1, 0.15) is 16.7 Å². The summed E-state index contributed by atoms with van der Waals surface area (Å²) in [4.78, 5) is 25.0. The number of aliphatic carboxylic acids is 1. The number of furan rings is 1. The highest BCUT2D eigenvalue weighted by molar-refractivity contribution is 5.88. The summed E-state index contributed by atoms with van der Waals surface area (Å²) in [5.74, 6) is -1.15. The molecule has 0 bridgehead atoms. The Hall–Kier alpha value is -2.34. The molecule has 2 heterocycles. The number of rotatable bonds is 3. The molecule has 0 aliphatic carbocycles. The Morgan fingerprint density at radius 2 is 2.04 bits per heavy atom. The van der Waals surface area contributed by atoms with Crippen LogP contribution in [-0.4, -0.2) is 47.7 Å². The minimum Gasteiger partial charge on any atom is -0.479 e. The third-order valence-corrected chi connectivity index (χ3v) is 4.31. The minimum atomic E-state index is -1.04. The summed E-state index contributed by atoms with van der Waals surface area (Å²) in [6.45, 7) is 4.78. The maximum Gasteiger partial charge on any atom is 0.334 e. The number of nitrogens with zero attached hydrogens (tertiary/aromatic N) is 1. The fourth-order valence-electron chi connectivity index (χ4n) is 2.77. The SMILES string of the molecule is Cc1cc2occ(CC(=O)N3CCOC(C(=O)O)C3)c2cc1C. The molecule has 1 fully saturated rings. The standard InChI is InChI=1S/C17H19NO5/c1-10-5-13-12(9-23-14(13)6-11(10)2)7-16(19)18-3-4-22-15(8-18)17(20)21/h5-6,9,15H,3-4,7-8H2,1-2H3,(H,20,21). The Kier molecular flexibility index (Phi) is 4.09. The molecule has 3 rings (SSSR count). The molecule has 1 N–H and O–H groups in total. The summed E-state index contributed by atoms with van der Waals surface area (Å²) < 4.78 is 10.7. The number of hydrogen-bond donors (Lipinski definition) is 1. The highest BCUT2D eigenvalue weighted by atomic mass is 16.5. The maximum atomic E-state index is 12.5. The van der Waals surface area contributed by atoms with Crippen LogP contribution < -0.4 is 0 Å². The molecule has 1 aliphatic rings. The normalized spacial score (nSPS) is 18.3. The van der Waals surface area contributed by atoms with E-state index in [1.807, 2.05) is 26.0 Å². The molecule has 1 aliphatic heterocycles. The van der Waals surface area contributed by atoms with E-state index in [4.69, 9.17) is 14.3 Å². The average molecular weight is 317 g/mol. The van der Waals surface area contributed by atoms with Gasteiger partial charge >= 0.3 is 5.97 Å². The fraction of sp³-hybridized carbons (Fsp3) is 0.412. The van der Waals surface area contributed by atoms with Gasteiger partial charge in [-0.05, 0) is 37.1 Å². The van der Waals surface area contributed by atoms with Gasteiger partial charge in [-0.1, -0.05) is 0 Å². The highest BCUT2D eigenvalue weighted by Gasteiger charge is 2.29. The van der Waals surface area contributed by atoms with Crippen molar-refractivity contribution in [1.82, 2.24) is 4.90 Å². The van der Waals surface area contributed by atoms with Crippen LogP contribution >= 0.6 is 0 Å². The van der Waals surface area contributed by atoms with Crippen molar-refractivity contribution in [2.24, 2.45) is 0 Å². The van der Waals surface area contributed by atoms with Gasteiger partial charge in [0.2, 0.25) is 5.91 Å². The number of hydrogen-bond acceptors (Lipinski definition) is 4. The van der Waals surface area contributed by atoms with E-state index in [0.717, 1.165) is 27.7 Å². The van der Waals surface area contributed by atoms with Crippen LogP contribution in [0.25, 0.3) is 11.0 Å². The first-order valence-corrected chi connectivity index (χ1v) is 7.55. The zero-order chi connectivity index (χ0) is 16.6. The first-order valence-electron chi connectivity index (χ1n) is 7.55. The van der Waals surface area contributed by atoms with Crippen LogP contribution in [0.3, 0.4) is 0 Å². The van der Waals surface area contributed by atoms with Crippen molar-refractivity contribution in [3.05, 3.63) is 35.1 Å². The van der Waals surface area contributed by atoms with Crippen LogP contribution in [0.5, 0.6) is 0 Å². The van der Waals surface area contributed by atoms with E-state index in [-0.39, 0.29) is 25.5 Å². The summed E-state index contributed by atoms with van der Waals surface area (Å²) in [6.07, 6.45) is 0.858. The van der Waals surface area contributed by atoms with Crippen molar-refractivity contribution in [2.75, 3.05) is 19.7 Å². The number of benzene rings is 1. The number of morpholine rings is 1. The topological polar surface area (TPSA) is 80.0 Å². The Morgan fingerprint density at radius 1 is 1.30 bits per heavy atom. The lowest BCUT2D eigenvalue weighted by Gasteiger charge is -2.30. The molecule has 1 atom stereocenters. The number of amides is 1. The molecule has 1 aromatic carbocycles. The first-order chi connectivity index (χ1) is 11.0.